The SMILES string of the molecule is CCC(CC)(CN)NC(=O)c1ccc(CNS(C)(=O)=O)o1.Cl. The fourth-order valence-corrected chi connectivity index (χ4v) is 2.27. The van der Waals surface area contributed by atoms with Crippen molar-refractivity contribution < 1.29 is 17.6 Å². The Morgan fingerprint density at radius 3 is 2.36 bits per heavy atom. The zero-order valence-electron chi connectivity index (χ0n) is 13.0. The first-order chi connectivity index (χ1) is 9.75. The van der Waals surface area contributed by atoms with Crippen molar-refractivity contribution in [3.63, 3.8) is 0 Å². The van der Waals surface area contributed by atoms with Gasteiger partial charge in [-0.3, -0.25) is 4.79 Å². The zero-order valence-corrected chi connectivity index (χ0v) is 14.6. The molecule has 0 fully saturated rings. The topological polar surface area (TPSA) is 114 Å². The molecule has 1 heterocycles. The molecule has 4 N–H and O–H groups in total. The number of carbonyl (C=O) groups is 1. The van der Waals surface area contributed by atoms with Crippen LogP contribution >= 0.6 is 12.4 Å². The highest BCUT2D eigenvalue weighted by atomic mass is 35.5. The predicted octanol–water partition coefficient (Wildman–Crippen LogP) is 0.998. The van der Waals surface area contributed by atoms with E-state index >= 15 is 0 Å². The number of sulfonamides is 1. The Labute approximate surface area is 137 Å². The summed E-state index contributed by atoms with van der Waals surface area (Å²) < 4.78 is 29.6. The van der Waals surface area contributed by atoms with Gasteiger partial charge in [-0.05, 0) is 25.0 Å². The minimum Gasteiger partial charge on any atom is -0.455 e. The highest BCUT2D eigenvalue weighted by Crippen LogP contribution is 2.15. The van der Waals surface area contributed by atoms with Crippen molar-refractivity contribution in [3.05, 3.63) is 23.7 Å². The first-order valence-electron chi connectivity index (χ1n) is 6.81. The first-order valence-corrected chi connectivity index (χ1v) is 8.70. The second-order valence-electron chi connectivity index (χ2n) is 5.00. The number of halogens is 1. The van der Waals surface area contributed by atoms with Gasteiger partial charge >= 0.3 is 0 Å². The number of carbonyl (C=O) groups excluding carboxylic acids is 1. The molecule has 0 saturated carbocycles. The normalized spacial score (nSPS) is 11.8. The lowest BCUT2D eigenvalue weighted by Gasteiger charge is -2.30. The van der Waals surface area contributed by atoms with E-state index in [0.717, 1.165) is 19.1 Å². The van der Waals surface area contributed by atoms with Crippen LogP contribution in [-0.2, 0) is 16.6 Å². The van der Waals surface area contributed by atoms with Gasteiger partial charge in [0.2, 0.25) is 10.0 Å². The third kappa shape index (κ3) is 5.96. The molecule has 0 aromatic carbocycles. The van der Waals surface area contributed by atoms with E-state index in [1.807, 2.05) is 13.8 Å². The molecule has 0 radical (unpaired) electrons. The number of rotatable bonds is 8. The van der Waals surface area contributed by atoms with E-state index in [-0.39, 0.29) is 30.6 Å². The monoisotopic (exact) mass is 353 g/mol. The maximum absolute atomic E-state index is 12.2. The Balaban J connectivity index is 0.00000441. The fourth-order valence-electron chi connectivity index (χ4n) is 1.87. The van der Waals surface area contributed by atoms with E-state index in [9.17, 15) is 13.2 Å². The summed E-state index contributed by atoms with van der Waals surface area (Å²) in [7, 11) is -3.30. The van der Waals surface area contributed by atoms with Crippen LogP contribution in [0.25, 0.3) is 0 Å². The molecule has 0 unspecified atom stereocenters. The minimum absolute atomic E-state index is 0. The molecule has 1 rings (SSSR count). The van der Waals surface area contributed by atoms with Gasteiger partial charge in [-0.15, -0.1) is 12.4 Å². The Hall–Kier alpha value is -1.09. The molecular weight excluding hydrogens is 330 g/mol. The molecule has 7 nitrogen and oxygen atoms in total. The van der Waals surface area contributed by atoms with E-state index in [1.165, 1.54) is 6.07 Å². The number of furan rings is 1. The van der Waals surface area contributed by atoms with Crippen molar-refractivity contribution in [2.75, 3.05) is 12.8 Å². The lowest BCUT2D eigenvalue weighted by atomic mass is 9.93. The number of nitrogens with one attached hydrogen (secondary N) is 2. The van der Waals surface area contributed by atoms with E-state index in [4.69, 9.17) is 10.2 Å². The zero-order chi connectivity index (χ0) is 16.1. The van der Waals surface area contributed by atoms with Crippen molar-refractivity contribution in [2.24, 2.45) is 5.73 Å². The van der Waals surface area contributed by atoms with Gasteiger partial charge in [0, 0.05) is 6.54 Å². The molecule has 0 bridgehead atoms. The fraction of sp³-hybridized carbons (Fsp3) is 0.615. The van der Waals surface area contributed by atoms with Gasteiger partial charge < -0.3 is 15.5 Å². The van der Waals surface area contributed by atoms with Gasteiger partial charge in [0.15, 0.2) is 5.76 Å². The third-order valence-corrected chi connectivity index (χ3v) is 4.19. The number of nitrogens with two attached hydrogens (primary N) is 1. The second-order valence-corrected chi connectivity index (χ2v) is 6.84. The summed E-state index contributed by atoms with van der Waals surface area (Å²) in [5.74, 6) is 0.159. The molecule has 0 saturated heterocycles. The minimum atomic E-state index is -3.30. The molecule has 0 spiro atoms. The Morgan fingerprint density at radius 1 is 1.32 bits per heavy atom. The molecule has 1 aromatic rings. The maximum Gasteiger partial charge on any atom is 0.287 e. The summed E-state index contributed by atoms with van der Waals surface area (Å²) >= 11 is 0. The Bertz CT molecular complexity index is 574. The standard InChI is InChI=1S/C13H23N3O4S.ClH/c1-4-13(5-2,9-14)16-12(17)11-7-6-10(20-11)8-15-21(3,18)19;/h6-7,15H,4-5,8-9,14H2,1-3H3,(H,16,17);1H. The van der Waals surface area contributed by atoms with Crippen LogP contribution < -0.4 is 15.8 Å². The van der Waals surface area contributed by atoms with E-state index in [0.29, 0.717) is 12.3 Å². The van der Waals surface area contributed by atoms with Crippen LogP contribution in [0.3, 0.4) is 0 Å². The van der Waals surface area contributed by atoms with Crippen LogP contribution in [0.4, 0.5) is 0 Å². The van der Waals surface area contributed by atoms with E-state index < -0.39 is 15.6 Å². The van der Waals surface area contributed by atoms with Crippen molar-refractivity contribution in [2.45, 2.75) is 38.8 Å². The Morgan fingerprint density at radius 2 is 1.91 bits per heavy atom. The highest BCUT2D eigenvalue weighted by molar-refractivity contribution is 7.88. The molecule has 9 heteroatoms. The lowest BCUT2D eigenvalue weighted by Crippen LogP contribution is -2.52. The molecule has 128 valence electrons. The summed E-state index contributed by atoms with van der Waals surface area (Å²) in [5.41, 5.74) is 5.28. The molecule has 22 heavy (non-hydrogen) atoms. The van der Waals surface area contributed by atoms with Gasteiger partial charge in [-0.25, -0.2) is 13.1 Å². The van der Waals surface area contributed by atoms with Crippen LogP contribution in [0.15, 0.2) is 16.5 Å². The van der Waals surface area contributed by atoms with Crippen molar-refractivity contribution in [3.8, 4) is 0 Å². The van der Waals surface area contributed by atoms with Gasteiger partial charge in [0.05, 0.1) is 18.3 Å². The molecule has 0 aliphatic heterocycles. The van der Waals surface area contributed by atoms with E-state index in [2.05, 4.69) is 10.0 Å². The largest absolute Gasteiger partial charge is 0.455 e. The first kappa shape index (κ1) is 20.9. The molecule has 0 atom stereocenters. The van der Waals surface area contributed by atoms with Gasteiger partial charge in [0.25, 0.3) is 5.91 Å². The lowest BCUT2D eigenvalue weighted by molar-refractivity contribution is 0.0864. The highest BCUT2D eigenvalue weighted by Gasteiger charge is 2.27. The van der Waals surface area contributed by atoms with E-state index in [1.54, 1.807) is 6.07 Å². The summed E-state index contributed by atoms with van der Waals surface area (Å²) in [6, 6.07) is 3.08. The summed E-state index contributed by atoms with van der Waals surface area (Å²) in [4.78, 5) is 12.2. The van der Waals surface area contributed by atoms with Crippen LogP contribution in [0.5, 0.6) is 0 Å². The third-order valence-electron chi connectivity index (χ3n) is 3.52. The molecule has 1 amide bonds. The van der Waals surface area contributed by atoms with Gasteiger partial charge in [-0.1, -0.05) is 13.8 Å². The molecule has 0 aliphatic rings. The van der Waals surface area contributed by atoms with Crippen molar-refractivity contribution in [1.29, 1.82) is 0 Å². The average molecular weight is 354 g/mol. The summed E-state index contributed by atoms with van der Waals surface area (Å²) in [5, 5.41) is 2.89. The summed E-state index contributed by atoms with van der Waals surface area (Å²) in [6.07, 6.45) is 2.49. The van der Waals surface area contributed by atoms with Crippen molar-refractivity contribution >= 4 is 28.3 Å². The van der Waals surface area contributed by atoms with Crippen LogP contribution in [0.2, 0.25) is 0 Å². The maximum atomic E-state index is 12.2. The second kappa shape index (κ2) is 8.52. The smallest absolute Gasteiger partial charge is 0.287 e. The van der Waals surface area contributed by atoms with Crippen LogP contribution in [-0.4, -0.2) is 32.7 Å². The number of hydrogen-bond acceptors (Lipinski definition) is 5. The quantitative estimate of drug-likeness (QED) is 0.645. The average Bonchev–Trinajstić information content (AvgIpc) is 2.91. The number of amides is 1. The molecular formula is C13H24ClN3O4S. The predicted molar refractivity (Wildman–Crippen MR) is 87.5 cm³/mol. The van der Waals surface area contributed by atoms with Crippen molar-refractivity contribution in [1.82, 2.24) is 10.0 Å². The Kier molecular flexibility index (Phi) is 8.10. The van der Waals surface area contributed by atoms with Gasteiger partial charge in [0.1, 0.15) is 5.76 Å². The molecule has 0 aliphatic carbocycles. The van der Waals surface area contributed by atoms with Crippen LogP contribution in [0, 0.1) is 0 Å². The van der Waals surface area contributed by atoms with Crippen LogP contribution in [0.1, 0.15) is 43.0 Å². The molecule has 1 aromatic heterocycles. The number of hydrogen-bond donors (Lipinski definition) is 3. The van der Waals surface area contributed by atoms with Gasteiger partial charge in [-0.2, -0.15) is 0 Å². The summed E-state index contributed by atoms with van der Waals surface area (Å²) in [6.45, 7) is 4.27.